The van der Waals surface area contributed by atoms with Crippen LogP contribution >= 0.6 is 24.0 Å². The lowest BCUT2D eigenvalue weighted by molar-refractivity contribution is -0.122. The Morgan fingerprint density at radius 3 is 2.39 bits per heavy atom. The lowest BCUT2D eigenvalue weighted by Crippen LogP contribution is -2.37. The number of carbonyl (C=O) groups is 2. The van der Waals surface area contributed by atoms with E-state index in [2.05, 4.69) is 5.32 Å². The third-order valence-corrected chi connectivity index (χ3v) is 5.88. The molecule has 162 valence electrons. The van der Waals surface area contributed by atoms with Crippen molar-refractivity contribution in [3.8, 4) is 17.2 Å². The molecule has 0 saturated carbocycles. The lowest BCUT2D eigenvalue weighted by Gasteiger charge is -2.15. The molecule has 7 nitrogen and oxygen atoms in total. The van der Waals surface area contributed by atoms with E-state index in [-0.39, 0.29) is 24.9 Å². The highest BCUT2D eigenvalue weighted by Gasteiger charge is 2.31. The quantitative estimate of drug-likeness (QED) is 0.480. The molecule has 0 radical (unpaired) electrons. The molecule has 0 atom stereocenters. The normalized spacial score (nSPS) is 14.7. The number of benzene rings is 2. The molecule has 0 unspecified atom stereocenters. The minimum atomic E-state index is -0.297. The van der Waals surface area contributed by atoms with E-state index in [4.69, 9.17) is 26.4 Å². The van der Waals surface area contributed by atoms with Crippen molar-refractivity contribution in [2.24, 2.45) is 0 Å². The fraction of sp³-hybridized carbons (Fsp3) is 0.227. The van der Waals surface area contributed by atoms with Gasteiger partial charge >= 0.3 is 0 Å². The van der Waals surface area contributed by atoms with Crippen LogP contribution in [0.25, 0.3) is 6.08 Å². The molecule has 31 heavy (non-hydrogen) atoms. The predicted octanol–water partition coefficient (Wildman–Crippen LogP) is 3.34. The van der Waals surface area contributed by atoms with Gasteiger partial charge < -0.3 is 19.5 Å². The van der Waals surface area contributed by atoms with Crippen LogP contribution in [0.2, 0.25) is 0 Å². The summed E-state index contributed by atoms with van der Waals surface area (Å²) in [7, 11) is 4.63. The average molecular weight is 459 g/mol. The van der Waals surface area contributed by atoms with Gasteiger partial charge in [0, 0.05) is 24.7 Å². The molecule has 0 aliphatic carbocycles. The highest BCUT2D eigenvalue weighted by Crippen LogP contribution is 2.32. The first-order valence-electron chi connectivity index (χ1n) is 9.36. The summed E-state index contributed by atoms with van der Waals surface area (Å²) in [5, 5.41) is 2.80. The Bertz CT molecular complexity index is 1020. The summed E-state index contributed by atoms with van der Waals surface area (Å²) < 4.78 is 16.1. The summed E-state index contributed by atoms with van der Waals surface area (Å²) in [5.41, 5.74) is 1.25. The third-order valence-electron chi connectivity index (χ3n) is 4.50. The highest BCUT2D eigenvalue weighted by atomic mass is 32.2. The minimum absolute atomic E-state index is 0.185. The standard InChI is InChI=1S/C22H22N2O5S2/c1-27-16-6-4-5-14(9-16)10-19-21(26)24(22(30)31-19)8-7-23-20(25)15-11-17(28-2)13-18(12-15)29-3/h4-6,9-13H,7-8H2,1-3H3,(H,23,25)/b19-10+. The van der Waals surface area contributed by atoms with Gasteiger partial charge in [-0.15, -0.1) is 0 Å². The molecular formula is C22H22N2O5S2. The minimum Gasteiger partial charge on any atom is -0.497 e. The van der Waals surface area contributed by atoms with Crippen LogP contribution in [0.3, 0.4) is 0 Å². The largest absolute Gasteiger partial charge is 0.497 e. The van der Waals surface area contributed by atoms with Crippen molar-refractivity contribution in [3.05, 3.63) is 58.5 Å². The van der Waals surface area contributed by atoms with E-state index in [1.54, 1.807) is 31.4 Å². The van der Waals surface area contributed by atoms with Gasteiger partial charge in [0.05, 0.1) is 26.2 Å². The van der Waals surface area contributed by atoms with Crippen molar-refractivity contribution in [1.82, 2.24) is 10.2 Å². The van der Waals surface area contributed by atoms with E-state index in [1.165, 1.54) is 30.9 Å². The number of rotatable bonds is 8. The second-order valence-corrected chi connectivity index (χ2v) is 8.14. The lowest BCUT2D eigenvalue weighted by atomic mass is 10.2. The second-order valence-electron chi connectivity index (χ2n) is 6.47. The van der Waals surface area contributed by atoms with Crippen LogP contribution in [-0.2, 0) is 4.79 Å². The maximum Gasteiger partial charge on any atom is 0.266 e. The van der Waals surface area contributed by atoms with E-state index in [1.807, 2.05) is 24.3 Å². The Labute approximate surface area is 190 Å². The SMILES string of the molecule is COc1cccc(/C=C2/SC(=S)N(CCNC(=O)c3cc(OC)cc(OC)c3)C2=O)c1. The van der Waals surface area contributed by atoms with Crippen LogP contribution in [-0.4, -0.2) is 55.5 Å². The number of amides is 2. The van der Waals surface area contributed by atoms with E-state index < -0.39 is 0 Å². The number of thioether (sulfide) groups is 1. The van der Waals surface area contributed by atoms with Crippen molar-refractivity contribution in [2.75, 3.05) is 34.4 Å². The van der Waals surface area contributed by atoms with E-state index in [9.17, 15) is 9.59 Å². The molecule has 1 fully saturated rings. The molecule has 2 aromatic carbocycles. The van der Waals surface area contributed by atoms with E-state index in [0.29, 0.717) is 32.0 Å². The molecule has 1 saturated heterocycles. The Morgan fingerprint density at radius 2 is 1.74 bits per heavy atom. The summed E-state index contributed by atoms with van der Waals surface area (Å²) in [6, 6.07) is 12.3. The van der Waals surface area contributed by atoms with Gasteiger partial charge in [0.1, 0.15) is 21.6 Å². The molecule has 1 aliphatic rings. The number of nitrogens with one attached hydrogen (secondary N) is 1. The summed E-state index contributed by atoms with van der Waals surface area (Å²) in [6.07, 6.45) is 1.78. The second kappa shape index (κ2) is 10.3. The molecule has 3 rings (SSSR count). The third kappa shape index (κ3) is 5.56. The van der Waals surface area contributed by atoms with Crippen molar-refractivity contribution in [2.45, 2.75) is 0 Å². The molecule has 1 heterocycles. The van der Waals surface area contributed by atoms with Gasteiger partial charge in [-0.3, -0.25) is 14.5 Å². The number of ether oxygens (including phenoxy) is 3. The monoisotopic (exact) mass is 458 g/mol. The van der Waals surface area contributed by atoms with Crippen LogP contribution in [0.5, 0.6) is 17.2 Å². The molecule has 0 bridgehead atoms. The van der Waals surface area contributed by atoms with Crippen molar-refractivity contribution in [1.29, 1.82) is 0 Å². The van der Waals surface area contributed by atoms with Gasteiger partial charge in [-0.25, -0.2) is 0 Å². The number of carbonyl (C=O) groups excluding carboxylic acids is 2. The summed E-state index contributed by atoms with van der Waals surface area (Å²) in [4.78, 5) is 27.3. The first-order valence-corrected chi connectivity index (χ1v) is 10.6. The van der Waals surface area contributed by atoms with Gasteiger partial charge in [0.15, 0.2) is 0 Å². The maximum absolute atomic E-state index is 12.8. The fourth-order valence-corrected chi connectivity index (χ4v) is 4.21. The Kier molecular flexibility index (Phi) is 7.54. The topological polar surface area (TPSA) is 77.1 Å². The fourth-order valence-electron chi connectivity index (χ4n) is 2.90. The average Bonchev–Trinajstić information content (AvgIpc) is 3.05. The van der Waals surface area contributed by atoms with E-state index >= 15 is 0 Å². The van der Waals surface area contributed by atoms with Gasteiger partial charge in [-0.2, -0.15) is 0 Å². The number of hydrogen-bond acceptors (Lipinski definition) is 7. The van der Waals surface area contributed by atoms with Crippen molar-refractivity contribution < 1.29 is 23.8 Å². The number of hydrogen-bond donors (Lipinski definition) is 1. The molecule has 0 spiro atoms. The first-order chi connectivity index (χ1) is 14.9. The van der Waals surface area contributed by atoms with Crippen LogP contribution in [0, 0.1) is 0 Å². The summed E-state index contributed by atoms with van der Waals surface area (Å²) >= 11 is 6.59. The number of nitrogens with zero attached hydrogens (tertiary/aromatic N) is 1. The molecule has 1 aliphatic heterocycles. The molecule has 9 heteroatoms. The van der Waals surface area contributed by atoms with Crippen molar-refractivity contribution >= 4 is 46.2 Å². The summed E-state index contributed by atoms with van der Waals surface area (Å²) in [5.74, 6) is 1.26. The van der Waals surface area contributed by atoms with Gasteiger partial charge in [-0.1, -0.05) is 36.1 Å². The van der Waals surface area contributed by atoms with Crippen LogP contribution in [0.1, 0.15) is 15.9 Å². The highest BCUT2D eigenvalue weighted by molar-refractivity contribution is 8.26. The van der Waals surface area contributed by atoms with E-state index in [0.717, 1.165) is 5.56 Å². The van der Waals surface area contributed by atoms with Gasteiger partial charge in [0.25, 0.3) is 11.8 Å². The Morgan fingerprint density at radius 1 is 1.06 bits per heavy atom. The maximum atomic E-state index is 12.8. The zero-order chi connectivity index (χ0) is 22.4. The van der Waals surface area contributed by atoms with Crippen LogP contribution in [0.15, 0.2) is 47.4 Å². The molecule has 2 aromatic rings. The van der Waals surface area contributed by atoms with Gasteiger partial charge in [0.2, 0.25) is 0 Å². The molecule has 1 N–H and O–H groups in total. The van der Waals surface area contributed by atoms with Crippen molar-refractivity contribution in [3.63, 3.8) is 0 Å². The van der Waals surface area contributed by atoms with Crippen LogP contribution in [0.4, 0.5) is 0 Å². The zero-order valence-corrected chi connectivity index (χ0v) is 19.0. The summed E-state index contributed by atoms with van der Waals surface area (Å²) in [6.45, 7) is 0.518. The molecule has 0 aromatic heterocycles. The van der Waals surface area contributed by atoms with Gasteiger partial charge in [-0.05, 0) is 35.9 Å². The molecule has 2 amide bonds. The smallest absolute Gasteiger partial charge is 0.266 e. The Balaban J connectivity index is 1.62. The number of methoxy groups -OCH3 is 3. The van der Waals surface area contributed by atoms with Crippen LogP contribution < -0.4 is 19.5 Å². The Hall–Kier alpha value is -3.04. The number of thiocarbonyl (C=S) groups is 1. The zero-order valence-electron chi connectivity index (χ0n) is 17.3. The predicted molar refractivity (Wildman–Crippen MR) is 125 cm³/mol. The first kappa shape index (κ1) is 22.6. The molecular weight excluding hydrogens is 436 g/mol.